The van der Waals surface area contributed by atoms with Gasteiger partial charge in [0.2, 0.25) is 5.91 Å². The Morgan fingerprint density at radius 2 is 0.713 bits per heavy atom. The van der Waals surface area contributed by atoms with Crippen LogP contribution in [0.15, 0.2) is 0 Å². The van der Waals surface area contributed by atoms with Gasteiger partial charge in [-0.15, -0.1) is 0 Å². The van der Waals surface area contributed by atoms with Gasteiger partial charge >= 0.3 is 0 Å². The van der Waals surface area contributed by atoms with E-state index in [1.54, 1.807) is 6.92 Å². The van der Waals surface area contributed by atoms with Gasteiger partial charge in [-0.3, -0.25) is 29.4 Å². The number of unbranched alkanes of at least 4 members (excludes halogenated alkanes) is 1. The molecule has 0 aliphatic carbocycles. The molecule has 31 atom stereocenters. The van der Waals surface area contributed by atoms with Gasteiger partial charge in [-0.25, -0.2) is 5.43 Å². The van der Waals surface area contributed by atoms with Crippen LogP contribution in [0.2, 0.25) is 0 Å². The van der Waals surface area contributed by atoms with E-state index in [9.17, 15) is 126 Å². The molecule has 0 aromatic rings. The zero-order valence-corrected chi connectivity index (χ0v) is 59.7. The number of amides is 2. The molecular weight excluding hydrogens is 1470 g/mol. The number of ketones is 3. The Morgan fingerprint density at radius 1 is 0.380 bits per heavy atom. The predicted molar refractivity (Wildman–Crippen MR) is 349 cm³/mol. The summed E-state index contributed by atoms with van der Waals surface area (Å²) in [5.74, 6) is -1.53. The number of nitrogens with one attached hydrogen (secondary N) is 3. The maximum absolute atomic E-state index is 12.4. The van der Waals surface area contributed by atoms with Gasteiger partial charge < -0.3 is 189 Å². The molecule has 2 amide bonds. The molecular formula is C63H112N4O41. The van der Waals surface area contributed by atoms with E-state index < -0.39 is 236 Å². The Balaban J connectivity index is 0.000000391. The lowest BCUT2D eigenvalue weighted by atomic mass is 9.96. The van der Waals surface area contributed by atoms with E-state index >= 15 is 0 Å². The number of hydrazine groups is 1. The fourth-order valence-electron chi connectivity index (χ4n) is 11.5. The van der Waals surface area contributed by atoms with Gasteiger partial charge in [0, 0.05) is 19.4 Å². The van der Waals surface area contributed by atoms with Crippen molar-refractivity contribution >= 4 is 29.2 Å². The van der Waals surface area contributed by atoms with Crippen LogP contribution in [0.25, 0.3) is 0 Å². The molecule has 0 aromatic carbocycles. The standard InChI is InChI=1S/C34H61N3O21.C29H51NO20/c1-16(40)18(6-2-3-7-35)36-37-22(42)15-52-10-9-51-13-17(41)5-4-8-53-33-30(50)31(58-34-29(49)27(47)24(44)20(12-39)56-34)25(45)21(57-33)14-54-32-28(48)26(46)23(43)19(11-38)55-32;1-2-30-17(34)12-44-7-6-43-10-13(33)4-3-5-45-28-25(42)26(50-29-24(41)22(39)19(36)15(9-32)48-29)20(37)16(49-28)11-46-27-23(40)21(38)18(35)14(8-31)47-27/h18-21,23-34,36,38-39,43-50H,2-15,35H2,1H3,(H,37,42);14-16,18-29,31-32,35-42H,2-12H2,1H3,(H,30,34)/t18-,19+,20+,21+,23+,24+,25+,26-,27-,28-,29-,30-,31-,32-,33-,34+;14-,15-,16-,18-,19-,20-,21+,22+,23+,24+,25+,26+,27+,28+,29-/m01/s1. The van der Waals surface area contributed by atoms with Crippen molar-refractivity contribution in [3.8, 4) is 0 Å². The number of rotatable bonds is 46. The molecule has 6 fully saturated rings. The van der Waals surface area contributed by atoms with Gasteiger partial charge in [0.15, 0.2) is 49.3 Å². The van der Waals surface area contributed by atoms with Crippen LogP contribution >= 0.6 is 0 Å². The lowest BCUT2D eigenvalue weighted by Crippen LogP contribution is -2.65. The largest absolute Gasteiger partial charge is 0.394 e. The van der Waals surface area contributed by atoms with Gasteiger partial charge in [-0.1, -0.05) is 6.42 Å². The normalized spacial score (nSPS) is 37.5. The maximum atomic E-state index is 12.4. The van der Waals surface area contributed by atoms with Crippen molar-refractivity contribution < 1.29 is 202 Å². The highest BCUT2D eigenvalue weighted by Gasteiger charge is 2.55. The minimum Gasteiger partial charge on any atom is -0.394 e. The predicted octanol–water partition coefficient (Wildman–Crippen LogP) is -14.5. The lowest BCUT2D eigenvalue weighted by molar-refractivity contribution is -0.366. The molecule has 45 nitrogen and oxygen atoms in total. The van der Waals surface area contributed by atoms with Crippen molar-refractivity contribution in [3.05, 3.63) is 0 Å². The average molecular weight is 1580 g/mol. The second kappa shape index (κ2) is 49.3. The summed E-state index contributed by atoms with van der Waals surface area (Å²) in [7, 11) is 0. The Morgan fingerprint density at radius 3 is 1.06 bits per heavy atom. The lowest BCUT2D eigenvalue weighted by Gasteiger charge is -2.46. The monoisotopic (exact) mass is 1580 g/mol. The Labute approximate surface area is 619 Å². The van der Waals surface area contributed by atoms with Crippen molar-refractivity contribution in [2.24, 2.45) is 5.73 Å². The second-order valence-corrected chi connectivity index (χ2v) is 26.0. The van der Waals surface area contributed by atoms with E-state index in [0.29, 0.717) is 19.5 Å². The molecule has 108 heavy (non-hydrogen) atoms. The topological polar surface area (TPSA) is 700 Å². The fourth-order valence-corrected chi connectivity index (χ4v) is 11.5. The number of nitrogens with two attached hydrogens (primary N) is 1. The smallest absolute Gasteiger partial charge is 0.260 e. The number of carbonyl (C=O) groups excluding carboxylic acids is 5. The third-order valence-electron chi connectivity index (χ3n) is 17.8. The summed E-state index contributed by atoms with van der Waals surface area (Å²) in [5.41, 5.74) is 10.6. The molecule has 6 aliphatic rings. The molecule has 0 saturated carbocycles. The summed E-state index contributed by atoms with van der Waals surface area (Å²) >= 11 is 0. The van der Waals surface area contributed by atoms with Gasteiger partial charge in [-0.2, -0.15) is 0 Å². The molecule has 6 heterocycles. The van der Waals surface area contributed by atoms with E-state index in [4.69, 9.17) is 81.5 Å². The first kappa shape index (κ1) is 95.0. The summed E-state index contributed by atoms with van der Waals surface area (Å²) < 4.78 is 87.2. The Hall–Kier alpha value is -3.57. The van der Waals surface area contributed by atoms with E-state index in [1.165, 1.54) is 6.92 Å². The zero-order chi connectivity index (χ0) is 79.9. The highest BCUT2D eigenvalue weighted by molar-refractivity contribution is 5.82. The molecule has 6 saturated heterocycles. The Bertz CT molecular complexity index is 2560. The van der Waals surface area contributed by atoms with E-state index in [0.717, 1.165) is 12.8 Å². The molecule has 45 heteroatoms. The summed E-state index contributed by atoms with van der Waals surface area (Å²) in [4.78, 5) is 59.7. The number of aliphatic hydroxyl groups excluding tert-OH is 20. The molecule has 630 valence electrons. The number of likely N-dealkylation sites (N-methyl/N-ethyl adjacent to an activating group) is 1. The number of hydrogen-bond donors (Lipinski definition) is 24. The maximum Gasteiger partial charge on any atom is 0.260 e. The molecule has 0 bridgehead atoms. The van der Waals surface area contributed by atoms with Crippen LogP contribution in [-0.2, 0) is 99.8 Å². The molecule has 6 aliphatic heterocycles. The number of carbonyl (C=O) groups is 5. The highest BCUT2D eigenvalue weighted by atomic mass is 16.8. The van der Waals surface area contributed by atoms with Crippen LogP contribution in [0.1, 0.15) is 58.8 Å². The molecule has 0 radical (unpaired) electrons. The third-order valence-corrected chi connectivity index (χ3v) is 17.8. The quantitative estimate of drug-likeness (QED) is 0.0199. The minimum atomic E-state index is -1.91. The van der Waals surface area contributed by atoms with E-state index in [1.807, 2.05) is 0 Å². The van der Waals surface area contributed by atoms with Crippen molar-refractivity contribution in [2.45, 2.75) is 249 Å². The summed E-state index contributed by atoms with van der Waals surface area (Å²) in [6.07, 6.45) is -48.1. The van der Waals surface area contributed by atoms with E-state index in [-0.39, 0.29) is 115 Å². The number of ether oxygens (including phenoxy) is 16. The molecule has 25 N–H and O–H groups in total. The molecule has 0 unspecified atom stereocenters. The average Bonchev–Trinajstić information content (AvgIpc) is 0.776. The van der Waals surface area contributed by atoms with Crippen LogP contribution in [0.3, 0.4) is 0 Å². The number of Topliss-reactive ketones (excluding diaryl/α,β-unsaturated/α-hetero) is 3. The van der Waals surface area contributed by atoms with E-state index in [2.05, 4.69) is 16.2 Å². The van der Waals surface area contributed by atoms with Gasteiger partial charge in [0.05, 0.1) is 85.3 Å². The van der Waals surface area contributed by atoms with Crippen molar-refractivity contribution in [1.82, 2.24) is 16.2 Å². The Kier molecular flexibility index (Phi) is 43.3. The number of aliphatic hydroxyl groups is 20. The van der Waals surface area contributed by atoms with Crippen molar-refractivity contribution in [2.75, 3.05) is 119 Å². The first-order valence-electron chi connectivity index (χ1n) is 35.4. The van der Waals surface area contributed by atoms with Crippen LogP contribution in [-0.4, -0.2) is 440 Å². The summed E-state index contributed by atoms with van der Waals surface area (Å²) in [6.45, 7) is -1.31. The van der Waals surface area contributed by atoms with Crippen molar-refractivity contribution in [3.63, 3.8) is 0 Å². The van der Waals surface area contributed by atoms with Crippen LogP contribution in [0, 0.1) is 0 Å². The summed E-state index contributed by atoms with van der Waals surface area (Å²) in [5, 5.41) is 208. The first-order chi connectivity index (χ1) is 51.5. The van der Waals surface area contributed by atoms with Crippen LogP contribution in [0.5, 0.6) is 0 Å². The minimum absolute atomic E-state index is 0.000347. The van der Waals surface area contributed by atoms with Crippen LogP contribution < -0.4 is 21.9 Å². The van der Waals surface area contributed by atoms with Gasteiger partial charge in [-0.05, 0) is 46.1 Å². The number of hydrogen-bond acceptors (Lipinski definition) is 43. The highest BCUT2D eigenvalue weighted by Crippen LogP contribution is 2.34. The molecule has 0 aromatic heterocycles. The molecule has 0 spiro atoms. The first-order valence-corrected chi connectivity index (χ1v) is 35.4. The third kappa shape index (κ3) is 28.8. The zero-order valence-electron chi connectivity index (χ0n) is 59.7. The fraction of sp³-hybridized carbons (Fsp3) is 0.921. The SMILES string of the molecule is CC(=O)[C@H](CCCCN)NNC(=O)COCCOCC(=O)CCCO[C@H]1O[C@H](CO[C@H]2O[C@H](CO)[C@@H](O)[C@H](O)[C@@H]2O)[C@@H](O)[C@H](O[C@H]2O[C@H](CO)[C@@H](O)[C@H](O)[C@@H]2O)[C@@H]1O.CCNC(=O)COCCOCC(=O)CCCO[C@H]1O[C@H](CO[C@H]2O[C@H](CO)[C@@H](O)[C@H](O)[C@@H]2O)[C@@H](O)[C@H](O[C@H]2O[C@H](CO)[C@@H](O)[C@H](O)[C@@H]2O)[C@@H]1O. The van der Waals surface area contributed by atoms with Crippen LogP contribution in [0.4, 0.5) is 0 Å². The van der Waals surface area contributed by atoms with Gasteiger partial charge in [0.25, 0.3) is 5.91 Å². The molecule has 6 rings (SSSR count). The summed E-state index contributed by atoms with van der Waals surface area (Å²) in [6, 6.07) is -0.552. The second-order valence-electron chi connectivity index (χ2n) is 26.0. The van der Waals surface area contributed by atoms with Crippen molar-refractivity contribution in [1.29, 1.82) is 0 Å². The van der Waals surface area contributed by atoms with Gasteiger partial charge in [0.1, 0.15) is 179 Å².